The Bertz CT molecular complexity index is 1130. The van der Waals surface area contributed by atoms with E-state index in [1.165, 1.54) is 27.8 Å². The molecule has 0 aliphatic carbocycles. The Balaban J connectivity index is 2.01. The number of rotatable bonds is 8. The summed E-state index contributed by atoms with van der Waals surface area (Å²) in [4.78, 5) is 18.1. The first-order valence-corrected chi connectivity index (χ1v) is 11.4. The van der Waals surface area contributed by atoms with Gasteiger partial charge in [-0.3, -0.25) is 14.9 Å². The number of hydrogen-bond donors (Lipinski definition) is 3. The number of carbonyl (C=O) groups is 1. The molecule has 6 heteroatoms. The third-order valence-electron chi connectivity index (χ3n) is 6.41. The van der Waals surface area contributed by atoms with Gasteiger partial charge < -0.3 is 9.72 Å². The molecule has 178 valence electrons. The van der Waals surface area contributed by atoms with Gasteiger partial charge in [0.1, 0.15) is 6.04 Å². The highest BCUT2D eigenvalue weighted by Crippen LogP contribution is 2.26. The van der Waals surface area contributed by atoms with Gasteiger partial charge in [-0.1, -0.05) is 12.1 Å². The topological polar surface area (TPSA) is 77.6 Å². The van der Waals surface area contributed by atoms with E-state index < -0.39 is 17.6 Å². The predicted octanol–water partition coefficient (Wildman–Crippen LogP) is 5.09. The van der Waals surface area contributed by atoms with Gasteiger partial charge in [-0.2, -0.15) is 0 Å². The van der Waals surface area contributed by atoms with Gasteiger partial charge >= 0.3 is 0 Å². The number of nitrogens with one attached hydrogen (secondary N) is 2. The predicted molar refractivity (Wildman–Crippen MR) is 132 cm³/mol. The van der Waals surface area contributed by atoms with Crippen LogP contribution < -0.4 is 5.48 Å². The Labute approximate surface area is 196 Å². The van der Waals surface area contributed by atoms with E-state index in [2.05, 4.69) is 61.8 Å². The first kappa shape index (κ1) is 25.0. The van der Waals surface area contributed by atoms with Crippen molar-refractivity contribution in [3.05, 3.63) is 69.9 Å². The number of nitrogens with zero attached hydrogens (tertiary/aromatic N) is 1. The first-order chi connectivity index (χ1) is 15.5. The van der Waals surface area contributed by atoms with Crippen LogP contribution in [0.15, 0.2) is 36.5 Å². The fourth-order valence-electron chi connectivity index (χ4n) is 4.25. The molecule has 2 aromatic carbocycles. The Kier molecular flexibility index (Phi) is 7.62. The van der Waals surface area contributed by atoms with Crippen molar-refractivity contribution < 1.29 is 14.7 Å². The number of aryl methyl sites for hydroxylation is 2. The molecule has 3 rings (SSSR count). The number of benzene rings is 2. The lowest BCUT2D eigenvalue weighted by Gasteiger charge is -2.33. The molecule has 6 nitrogen and oxygen atoms in total. The van der Waals surface area contributed by atoms with Crippen LogP contribution in [-0.2, 0) is 22.6 Å². The Morgan fingerprint density at radius 3 is 2.45 bits per heavy atom. The Morgan fingerprint density at radius 2 is 1.79 bits per heavy atom. The highest BCUT2D eigenvalue weighted by atomic mass is 16.5. The average molecular weight is 452 g/mol. The van der Waals surface area contributed by atoms with Crippen molar-refractivity contribution >= 4 is 16.8 Å². The van der Waals surface area contributed by atoms with E-state index in [0.717, 1.165) is 16.5 Å². The van der Waals surface area contributed by atoms with Gasteiger partial charge in [-0.05, 0) is 105 Å². The second-order valence-electron chi connectivity index (χ2n) is 9.96. The molecule has 1 heterocycles. The highest BCUT2D eigenvalue weighted by molar-refractivity contribution is 5.81. The average Bonchev–Trinajstić information content (AvgIpc) is 3.21. The lowest BCUT2D eigenvalue weighted by Crippen LogP contribution is -2.49. The fraction of sp³-hybridized carbons (Fsp3) is 0.444. The standard InChI is InChI=1S/C27H37N3O3/c1-17-12-18(2)23(20(4)19(17)3)15-30(25(26(31)29-32)16-33-27(5,6)7)14-21-8-9-24-22(13-21)10-11-28-24/h8-13,25,28,32H,14-16H2,1-7H3,(H,29,31)/t25-/m1/s1. The van der Waals surface area contributed by atoms with E-state index in [-0.39, 0.29) is 6.61 Å². The van der Waals surface area contributed by atoms with Crippen molar-refractivity contribution in [2.75, 3.05) is 6.61 Å². The van der Waals surface area contributed by atoms with Gasteiger partial charge in [-0.15, -0.1) is 0 Å². The maximum absolute atomic E-state index is 12.8. The van der Waals surface area contributed by atoms with Crippen molar-refractivity contribution in [1.29, 1.82) is 0 Å². The number of fused-ring (bicyclic) bond motifs is 1. The molecule has 0 unspecified atom stereocenters. The molecule has 0 aliphatic rings. The van der Waals surface area contributed by atoms with E-state index in [4.69, 9.17) is 4.74 Å². The first-order valence-electron chi connectivity index (χ1n) is 11.4. The maximum atomic E-state index is 12.8. The Morgan fingerprint density at radius 1 is 1.06 bits per heavy atom. The van der Waals surface area contributed by atoms with E-state index >= 15 is 0 Å². The SMILES string of the molecule is Cc1cc(C)c(CN(Cc2ccc3[nH]ccc3c2)[C@H](COC(C)(C)C)C(=O)NO)c(C)c1C. The minimum absolute atomic E-state index is 0.172. The Hall–Kier alpha value is -2.67. The normalized spacial score (nSPS) is 13.0. The molecule has 1 aromatic heterocycles. The molecule has 0 bridgehead atoms. The van der Waals surface area contributed by atoms with Crippen molar-refractivity contribution in [1.82, 2.24) is 15.4 Å². The number of amides is 1. The summed E-state index contributed by atoms with van der Waals surface area (Å²) in [6, 6.07) is 9.86. The summed E-state index contributed by atoms with van der Waals surface area (Å²) in [7, 11) is 0. The molecule has 1 amide bonds. The molecule has 0 radical (unpaired) electrons. The second kappa shape index (κ2) is 10.1. The minimum Gasteiger partial charge on any atom is -0.374 e. The van der Waals surface area contributed by atoms with E-state index in [1.54, 1.807) is 0 Å². The van der Waals surface area contributed by atoms with Crippen LogP contribution in [0.4, 0.5) is 0 Å². The monoisotopic (exact) mass is 451 g/mol. The van der Waals surface area contributed by atoms with E-state index in [1.807, 2.05) is 38.5 Å². The molecule has 1 atom stereocenters. The number of hydrogen-bond acceptors (Lipinski definition) is 4. The summed E-state index contributed by atoms with van der Waals surface area (Å²) in [6.07, 6.45) is 1.92. The van der Waals surface area contributed by atoms with Crippen molar-refractivity contribution in [2.24, 2.45) is 0 Å². The number of hydroxylamine groups is 1. The zero-order valence-corrected chi connectivity index (χ0v) is 20.9. The van der Waals surface area contributed by atoms with Crippen LogP contribution in [0.2, 0.25) is 0 Å². The van der Waals surface area contributed by atoms with Crippen molar-refractivity contribution in [3.63, 3.8) is 0 Å². The van der Waals surface area contributed by atoms with Gasteiger partial charge in [0.15, 0.2) is 0 Å². The molecule has 0 fully saturated rings. The van der Waals surface area contributed by atoms with Gasteiger partial charge in [0, 0.05) is 24.8 Å². The van der Waals surface area contributed by atoms with Gasteiger partial charge in [-0.25, -0.2) is 5.48 Å². The molecule has 0 saturated heterocycles. The van der Waals surface area contributed by atoms with Crippen LogP contribution in [0.5, 0.6) is 0 Å². The third kappa shape index (κ3) is 6.02. The van der Waals surface area contributed by atoms with Gasteiger partial charge in [0.05, 0.1) is 12.2 Å². The zero-order chi connectivity index (χ0) is 24.3. The van der Waals surface area contributed by atoms with E-state index in [0.29, 0.717) is 13.1 Å². The minimum atomic E-state index is -0.656. The van der Waals surface area contributed by atoms with Crippen molar-refractivity contribution in [3.8, 4) is 0 Å². The van der Waals surface area contributed by atoms with Gasteiger partial charge in [0.25, 0.3) is 5.91 Å². The van der Waals surface area contributed by atoms with Crippen LogP contribution in [-0.4, -0.2) is 39.2 Å². The van der Waals surface area contributed by atoms with Crippen LogP contribution in [0.1, 0.15) is 54.2 Å². The molecule has 0 saturated carbocycles. The molecule has 3 aromatic rings. The summed E-state index contributed by atoms with van der Waals surface area (Å²) in [5.41, 5.74) is 9.78. The molecule has 0 spiro atoms. The fourth-order valence-corrected chi connectivity index (χ4v) is 4.25. The highest BCUT2D eigenvalue weighted by Gasteiger charge is 2.29. The number of aromatic amines is 1. The van der Waals surface area contributed by atoms with Gasteiger partial charge in [0.2, 0.25) is 0 Å². The lowest BCUT2D eigenvalue weighted by atomic mass is 9.93. The number of H-pyrrole nitrogens is 1. The van der Waals surface area contributed by atoms with Crippen molar-refractivity contribution in [2.45, 2.75) is 73.2 Å². The largest absolute Gasteiger partial charge is 0.374 e. The molecular weight excluding hydrogens is 414 g/mol. The second-order valence-corrected chi connectivity index (χ2v) is 9.96. The molecular formula is C27H37N3O3. The molecule has 3 N–H and O–H groups in total. The summed E-state index contributed by atoms with van der Waals surface area (Å²) in [6.45, 7) is 15.7. The third-order valence-corrected chi connectivity index (χ3v) is 6.41. The number of aromatic nitrogens is 1. The summed E-state index contributed by atoms with van der Waals surface area (Å²) in [5.74, 6) is -0.471. The number of carbonyl (C=O) groups excluding carboxylic acids is 1. The van der Waals surface area contributed by atoms with Crippen LogP contribution in [0, 0.1) is 27.7 Å². The summed E-state index contributed by atoms with van der Waals surface area (Å²) >= 11 is 0. The zero-order valence-electron chi connectivity index (χ0n) is 20.9. The van der Waals surface area contributed by atoms with Crippen LogP contribution in [0.3, 0.4) is 0 Å². The van der Waals surface area contributed by atoms with Crippen LogP contribution in [0.25, 0.3) is 10.9 Å². The molecule has 0 aliphatic heterocycles. The summed E-state index contributed by atoms with van der Waals surface area (Å²) in [5, 5.41) is 10.7. The van der Waals surface area contributed by atoms with E-state index in [9.17, 15) is 10.0 Å². The number of ether oxygens (including phenoxy) is 1. The smallest absolute Gasteiger partial charge is 0.263 e. The lowest BCUT2D eigenvalue weighted by molar-refractivity contribution is -0.140. The summed E-state index contributed by atoms with van der Waals surface area (Å²) < 4.78 is 6.01. The molecule has 33 heavy (non-hydrogen) atoms. The van der Waals surface area contributed by atoms with Crippen LogP contribution >= 0.6 is 0 Å². The maximum Gasteiger partial charge on any atom is 0.263 e. The quantitative estimate of drug-likeness (QED) is 0.329.